The molecule has 4 nitrogen and oxygen atoms in total. The molecule has 148 valence electrons. The fourth-order valence-electron chi connectivity index (χ4n) is 3.44. The first-order valence-corrected chi connectivity index (χ1v) is 10.6. The van der Waals surface area contributed by atoms with Crippen molar-refractivity contribution in [3.8, 4) is 0 Å². The zero-order valence-corrected chi connectivity index (χ0v) is 18.1. The van der Waals surface area contributed by atoms with Gasteiger partial charge in [0.1, 0.15) is 6.54 Å². The van der Waals surface area contributed by atoms with Crippen molar-refractivity contribution < 1.29 is 9.59 Å². The molecule has 0 aliphatic carbocycles. The average Bonchev–Trinajstić information content (AvgIpc) is 2.70. The molecular weight excluding hydrogens is 416 g/mol. The van der Waals surface area contributed by atoms with Gasteiger partial charge < -0.3 is 9.80 Å². The zero-order valence-electron chi connectivity index (χ0n) is 16.5. The summed E-state index contributed by atoms with van der Waals surface area (Å²) in [6.45, 7) is 6.30. The molecule has 1 heterocycles. The Morgan fingerprint density at radius 2 is 1.86 bits per heavy atom. The summed E-state index contributed by atoms with van der Waals surface area (Å²) in [4.78, 5) is 29.6. The van der Waals surface area contributed by atoms with Gasteiger partial charge in [-0.15, -0.1) is 0 Å². The Kier molecular flexibility index (Phi) is 6.89. The van der Waals surface area contributed by atoms with Crippen LogP contribution in [-0.4, -0.2) is 41.2 Å². The molecule has 0 N–H and O–H groups in total. The van der Waals surface area contributed by atoms with E-state index in [1.165, 1.54) is 11.1 Å². The molecule has 1 aliphatic heterocycles. The lowest BCUT2D eigenvalue weighted by Gasteiger charge is -2.31. The van der Waals surface area contributed by atoms with Gasteiger partial charge >= 0.3 is 0 Å². The highest BCUT2D eigenvalue weighted by Crippen LogP contribution is 2.19. The highest BCUT2D eigenvalue weighted by atomic mass is 79.9. The van der Waals surface area contributed by atoms with Crippen molar-refractivity contribution in [3.63, 3.8) is 0 Å². The quantitative estimate of drug-likeness (QED) is 0.659. The predicted molar refractivity (Wildman–Crippen MR) is 115 cm³/mol. The highest BCUT2D eigenvalue weighted by molar-refractivity contribution is 9.10. The summed E-state index contributed by atoms with van der Waals surface area (Å²) >= 11 is 3.42. The molecule has 0 fully saturated rings. The van der Waals surface area contributed by atoms with Crippen LogP contribution in [0.1, 0.15) is 41.8 Å². The van der Waals surface area contributed by atoms with E-state index >= 15 is 0 Å². The third-order valence-corrected chi connectivity index (χ3v) is 5.64. The Labute approximate surface area is 175 Å². The summed E-state index contributed by atoms with van der Waals surface area (Å²) in [5, 5.41) is 0. The molecule has 0 saturated heterocycles. The molecule has 0 unspecified atom stereocenters. The minimum Gasteiger partial charge on any atom is -0.336 e. The van der Waals surface area contributed by atoms with Crippen molar-refractivity contribution in [1.82, 2.24) is 9.80 Å². The summed E-state index contributed by atoms with van der Waals surface area (Å²) in [5.41, 5.74) is 3.12. The normalized spacial score (nSPS) is 13.4. The van der Waals surface area contributed by atoms with Gasteiger partial charge in [0.05, 0.1) is 0 Å². The summed E-state index contributed by atoms with van der Waals surface area (Å²) in [6.07, 6.45) is 1.74. The first-order chi connectivity index (χ1) is 13.4. The molecule has 2 aromatic rings. The van der Waals surface area contributed by atoms with E-state index < -0.39 is 0 Å². The maximum atomic E-state index is 13.1. The van der Waals surface area contributed by atoms with Crippen molar-refractivity contribution in [2.45, 2.75) is 33.2 Å². The zero-order chi connectivity index (χ0) is 20.1. The van der Waals surface area contributed by atoms with Crippen LogP contribution in [0.15, 0.2) is 53.0 Å². The van der Waals surface area contributed by atoms with E-state index in [1.807, 2.05) is 35.2 Å². The van der Waals surface area contributed by atoms with E-state index in [9.17, 15) is 9.59 Å². The highest BCUT2D eigenvalue weighted by Gasteiger charge is 2.25. The van der Waals surface area contributed by atoms with Gasteiger partial charge in [0.15, 0.2) is 0 Å². The van der Waals surface area contributed by atoms with Gasteiger partial charge in [0, 0.05) is 29.7 Å². The molecule has 2 aromatic carbocycles. The number of carbonyl (C=O) groups excluding carboxylic acids is 2. The number of fused-ring (bicyclic) bond motifs is 1. The van der Waals surface area contributed by atoms with Crippen LogP contribution in [0, 0.1) is 5.92 Å². The Morgan fingerprint density at radius 3 is 2.57 bits per heavy atom. The molecule has 0 aromatic heterocycles. The van der Waals surface area contributed by atoms with Crippen LogP contribution in [0.5, 0.6) is 0 Å². The van der Waals surface area contributed by atoms with Crippen molar-refractivity contribution in [2.75, 3.05) is 19.6 Å². The largest absolute Gasteiger partial charge is 0.336 e. The van der Waals surface area contributed by atoms with Gasteiger partial charge in [-0.3, -0.25) is 9.59 Å². The van der Waals surface area contributed by atoms with Crippen molar-refractivity contribution in [3.05, 3.63) is 69.7 Å². The Hall–Kier alpha value is -2.14. The number of hydrogen-bond acceptors (Lipinski definition) is 2. The summed E-state index contributed by atoms with van der Waals surface area (Å²) < 4.78 is 0.862. The van der Waals surface area contributed by atoms with Crippen molar-refractivity contribution in [1.29, 1.82) is 0 Å². The Balaban J connectivity index is 1.72. The minimum atomic E-state index is -0.0901. The number of carbonyl (C=O) groups is 2. The van der Waals surface area contributed by atoms with E-state index in [-0.39, 0.29) is 18.4 Å². The summed E-state index contributed by atoms with van der Waals surface area (Å²) in [5.74, 6) is 0.393. The fourth-order valence-corrected chi connectivity index (χ4v) is 3.84. The third kappa shape index (κ3) is 5.22. The first kappa shape index (κ1) is 20.6. The summed E-state index contributed by atoms with van der Waals surface area (Å²) in [6, 6.07) is 15.6. The molecule has 1 aliphatic rings. The number of rotatable bonds is 6. The Bertz CT molecular complexity index is 850. The third-order valence-electron chi connectivity index (χ3n) is 5.14. The smallest absolute Gasteiger partial charge is 0.254 e. The molecule has 0 radical (unpaired) electrons. The fraction of sp³-hybridized carbons (Fsp3) is 0.391. The maximum Gasteiger partial charge on any atom is 0.254 e. The predicted octanol–water partition coefficient (Wildman–Crippen LogP) is 4.52. The van der Waals surface area contributed by atoms with Crippen LogP contribution in [0.3, 0.4) is 0 Å². The molecule has 0 atom stereocenters. The second-order valence-corrected chi connectivity index (χ2v) is 8.67. The number of nitrogens with zero attached hydrogens (tertiary/aromatic N) is 2. The molecule has 28 heavy (non-hydrogen) atoms. The molecule has 2 amide bonds. The van der Waals surface area contributed by atoms with Crippen LogP contribution in [0.4, 0.5) is 0 Å². The van der Waals surface area contributed by atoms with Crippen LogP contribution in [0.2, 0.25) is 0 Å². The molecular formula is C23H27BrN2O2. The number of halogens is 1. The van der Waals surface area contributed by atoms with E-state index in [0.29, 0.717) is 31.1 Å². The molecule has 3 rings (SSSR count). The number of amides is 2. The van der Waals surface area contributed by atoms with Gasteiger partial charge in [0.2, 0.25) is 5.91 Å². The Morgan fingerprint density at radius 1 is 1.11 bits per heavy atom. The molecule has 0 saturated carbocycles. The van der Waals surface area contributed by atoms with Gasteiger partial charge in [-0.2, -0.15) is 0 Å². The second-order valence-electron chi connectivity index (χ2n) is 7.75. The lowest BCUT2D eigenvalue weighted by molar-refractivity contribution is -0.132. The second kappa shape index (κ2) is 9.37. The van der Waals surface area contributed by atoms with Gasteiger partial charge in [-0.05, 0) is 48.1 Å². The first-order valence-electron chi connectivity index (χ1n) is 9.83. The standard InChI is InChI=1S/C23H27BrN2O2/c1-17(2)10-12-26(23(28)19-8-5-9-21(24)14-19)16-22(27)25-13-11-18-6-3-4-7-20(18)15-25/h3-9,14,17H,10-13,15-16H2,1-2H3. The van der Waals surface area contributed by atoms with E-state index in [2.05, 4.69) is 41.9 Å². The lowest BCUT2D eigenvalue weighted by Crippen LogP contribution is -2.45. The molecule has 0 spiro atoms. The number of benzene rings is 2. The van der Waals surface area contributed by atoms with E-state index in [1.54, 1.807) is 11.0 Å². The summed E-state index contributed by atoms with van der Waals surface area (Å²) in [7, 11) is 0. The van der Waals surface area contributed by atoms with Crippen LogP contribution >= 0.6 is 15.9 Å². The van der Waals surface area contributed by atoms with Crippen molar-refractivity contribution >= 4 is 27.7 Å². The average molecular weight is 443 g/mol. The molecule has 0 bridgehead atoms. The monoisotopic (exact) mass is 442 g/mol. The van der Waals surface area contributed by atoms with E-state index in [4.69, 9.17) is 0 Å². The van der Waals surface area contributed by atoms with Gasteiger partial charge in [0.25, 0.3) is 5.91 Å². The maximum absolute atomic E-state index is 13.1. The number of hydrogen-bond donors (Lipinski definition) is 0. The SMILES string of the molecule is CC(C)CCN(CC(=O)N1CCc2ccccc2C1)C(=O)c1cccc(Br)c1. The van der Waals surface area contributed by atoms with Crippen LogP contribution in [-0.2, 0) is 17.8 Å². The van der Waals surface area contributed by atoms with Crippen molar-refractivity contribution in [2.24, 2.45) is 5.92 Å². The minimum absolute atomic E-state index is 0.0154. The van der Waals surface area contributed by atoms with Crippen LogP contribution in [0.25, 0.3) is 0 Å². The van der Waals surface area contributed by atoms with Crippen LogP contribution < -0.4 is 0 Å². The van der Waals surface area contributed by atoms with Gasteiger partial charge in [-0.25, -0.2) is 0 Å². The molecule has 5 heteroatoms. The lowest BCUT2D eigenvalue weighted by atomic mass is 10.00. The van der Waals surface area contributed by atoms with E-state index in [0.717, 1.165) is 17.3 Å². The van der Waals surface area contributed by atoms with Gasteiger partial charge in [-0.1, -0.05) is 60.1 Å². The topological polar surface area (TPSA) is 40.6 Å².